The second-order valence-electron chi connectivity index (χ2n) is 10.6. The summed E-state index contributed by atoms with van der Waals surface area (Å²) in [5.41, 5.74) is 1.96. The van der Waals surface area contributed by atoms with Crippen LogP contribution in [0.3, 0.4) is 0 Å². The minimum Gasteiger partial charge on any atom is -0.392 e. The molecule has 11 heteroatoms. The van der Waals surface area contributed by atoms with Crippen molar-refractivity contribution >= 4 is 11.4 Å². The van der Waals surface area contributed by atoms with Crippen molar-refractivity contribution in [3.8, 4) is 0 Å². The summed E-state index contributed by atoms with van der Waals surface area (Å²) in [6, 6.07) is 2.56. The highest BCUT2D eigenvalue weighted by Crippen LogP contribution is 2.32. The number of rotatable bonds is 13. The van der Waals surface area contributed by atoms with E-state index in [1.165, 1.54) is 24.4 Å². The van der Waals surface area contributed by atoms with Gasteiger partial charge in [-0.25, -0.2) is 22.0 Å². The van der Waals surface area contributed by atoms with E-state index in [4.69, 9.17) is 0 Å². The van der Waals surface area contributed by atoms with E-state index in [9.17, 15) is 27.1 Å². The lowest BCUT2D eigenvalue weighted by molar-refractivity contribution is 0.151. The smallest absolute Gasteiger partial charge is 0.265 e. The molecule has 2 atom stereocenters. The van der Waals surface area contributed by atoms with Gasteiger partial charge in [0, 0.05) is 63.4 Å². The number of anilines is 1. The Bertz CT molecular complexity index is 1360. The third-order valence-corrected chi connectivity index (χ3v) is 7.22. The molecule has 1 unspecified atom stereocenters. The number of nitrogens with one attached hydrogen (secondary N) is 2. The molecule has 1 aliphatic carbocycles. The maximum Gasteiger partial charge on any atom is 0.265 e. The Kier molecular flexibility index (Phi) is 12.2. The normalized spacial score (nSPS) is 18.3. The van der Waals surface area contributed by atoms with Crippen molar-refractivity contribution in [2.24, 2.45) is 10.9 Å². The summed E-state index contributed by atoms with van der Waals surface area (Å²) in [6.07, 6.45) is 6.51. The summed E-state index contributed by atoms with van der Waals surface area (Å²) in [6.45, 7) is 6.85. The molecule has 234 valence electrons. The number of aliphatic imine (C=N–C) groups is 1. The largest absolute Gasteiger partial charge is 0.392 e. The van der Waals surface area contributed by atoms with Crippen LogP contribution in [0, 0.1) is 11.7 Å². The molecule has 1 aromatic rings. The van der Waals surface area contributed by atoms with Crippen molar-refractivity contribution in [3.63, 3.8) is 0 Å². The minimum atomic E-state index is -2.89. The Morgan fingerprint density at radius 2 is 1.93 bits per heavy atom. The van der Waals surface area contributed by atoms with Gasteiger partial charge in [-0.1, -0.05) is 12.2 Å². The number of hydrogen-bond donors (Lipinski definition) is 3. The number of nitrogens with zero attached hydrogens (tertiary/aromatic N) is 3. The zero-order valence-corrected chi connectivity index (χ0v) is 25.1. The number of alkyl halides is 2. The molecule has 3 rings (SSSR count). The standard InChI is InChI=1S/C32H40F5N5O/c1-6-42(12-11-38-29-9-8-26(34)18-39-21(29)3)31(41(4)5)16-23-13-22(14-27(35)15-24(23)19-43)20(2)40-30-10-7-25(33)17-28(30)32(36)37/h7,9-10,13-18,20,22,32,38,40,43H,6,8,11-12,19H2,1-5H3/b31-16+/t20-,22?/m1/s1. The lowest BCUT2D eigenvalue weighted by atomic mass is 9.95. The predicted octanol–water partition coefficient (Wildman–Crippen LogP) is 6.77. The van der Waals surface area contributed by atoms with Gasteiger partial charge in [-0.3, -0.25) is 4.99 Å². The number of halogens is 5. The molecule has 0 saturated carbocycles. The molecule has 0 radical (unpaired) electrons. The number of allylic oxidation sites excluding steroid dienone is 6. The molecule has 1 heterocycles. The lowest BCUT2D eigenvalue weighted by Gasteiger charge is -2.32. The molecule has 0 spiro atoms. The highest BCUT2D eigenvalue weighted by molar-refractivity contribution is 5.98. The van der Waals surface area contributed by atoms with Crippen molar-refractivity contribution in [3.05, 3.63) is 100 Å². The molecule has 0 amide bonds. The van der Waals surface area contributed by atoms with Crippen LogP contribution < -0.4 is 10.6 Å². The molecular weight excluding hydrogens is 565 g/mol. The molecule has 1 aromatic carbocycles. The van der Waals surface area contributed by atoms with E-state index in [2.05, 4.69) is 20.5 Å². The summed E-state index contributed by atoms with van der Waals surface area (Å²) in [5, 5.41) is 16.4. The third kappa shape index (κ3) is 9.31. The maximum absolute atomic E-state index is 15.0. The van der Waals surface area contributed by atoms with Gasteiger partial charge < -0.3 is 25.5 Å². The zero-order valence-electron chi connectivity index (χ0n) is 25.1. The van der Waals surface area contributed by atoms with Crippen LogP contribution in [-0.2, 0) is 0 Å². The average Bonchev–Trinajstić information content (AvgIpc) is 3.23. The van der Waals surface area contributed by atoms with Gasteiger partial charge in [0.1, 0.15) is 23.3 Å². The zero-order chi connectivity index (χ0) is 31.7. The molecule has 1 aliphatic heterocycles. The molecule has 2 aliphatic rings. The molecule has 0 bridgehead atoms. The first-order valence-electron chi connectivity index (χ1n) is 14.2. The van der Waals surface area contributed by atoms with E-state index in [1.807, 2.05) is 38.9 Å². The Hall–Kier alpha value is -3.86. The van der Waals surface area contributed by atoms with E-state index in [-0.39, 0.29) is 17.9 Å². The summed E-state index contributed by atoms with van der Waals surface area (Å²) >= 11 is 0. The predicted molar refractivity (Wildman–Crippen MR) is 162 cm³/mol. The molecule has 43 heavy (non-hydrogen) atoms. The van der Waals surface area contributed by atoms with Crippen LogP contribution in [0.25, 0.3) is 0 Å². The van der Waals surface area contributed by atoms with Crippen molar-refractivity contribution < 1.29 is 27.1 Å². The van der Waals surface area contributed by atoms with Gasteiger partial charge in [-0.2, -0.15) is 0 Å². The quantitative estimate of drug-likeness (QED) is 0.217. The molecule has 3 N–H and O–H groups in total. The van der Waals surface area contributed by atoms with Crippen molar-refractivity contribution in [2.75, 3.05) is 45.7 Å². The summed E-state index contributed by atoms with van der Waals surface area (Å²) in [7, 11) is 3.75. The number of aliphatic hydroxyl groups is 1. The van der Waals surface area contributed by atoms with Crippen LogP contribution in [0.1, 0.15) is 39.2 Å². The van der Waals surface area contributed by atoms with E-state index >= 15 is 0 Å². The second-order valence-corrected chi connectivity index (χ2v) is 10.6. The topological polar surface area (TPSA) is 63.1 Å². The first-order chi connectivity index (χ1) is 20.4. The minimum absolute atomic E-state index is 0.0593. The van der Waals surface area contributed by atoms with E-state index < -0.39 is 42.2 Å². The van der Waals surface area contributed by atoms with Crippen LogP contribution in [-0.4, -0.2) is 67.0 Å². The highest BCUT2D eigenvalue weighted by Gasteiger charge is 2.23. The van der Waals surface area contributed by atoms with Crippen LogP contribution >= 0.6 is 0 Å². The monoisotopic (exact) mass is 605 g/mol. The fraction of sp³-hybridized carbons (Fsp3) is 0.406. The number of likely N-dealkylation sites (N-methyl/N-ethyl adjacent to an activating group) is 1. The Morgan fingerprint density at radius 1 is 1.19 bits per heavy atom. The fourth-order valence-electron chi connectivity index (χ4n) is 4.84. The second kappa shape index (κ2) is 15.6. The SMILES string of the molecule is CCN(CCNC1=CCC(F)=CN=C1C)/C(=C/C1=CC([C@@H](C)Nc2ccc(F)cc2C(F)F)C=C(F)C=C1CO)N(C)C. The van der Waals surface area contributed by atoms with Crippen molar-refractivity contribution in [1.82, 2.24) is 15.1 Å². The Balaban J connectivity index is 1.88. The van der Waals surface area contributed by atoms with Gasteiger partial charge in [-0.05, 0) is 68.3 Å². The first kappa shape index (κ1) is 33.6. The van der Waals surface area contributed by atoms with Crippen molar-refractivity contribution in [2.45, 2.75) is 39.7 Å². The first-order valence-corrected chi connectivity index (χ1v) is 14.2. The van der Waals surface area contributed by atoms with Crippen LogP contribution in [0.2, 0.25) is 0 Å². The third-order valence-electron chi connectivity index (χ3n) is 7.22. The number of benzene rings is 1. The maximum atomic E-state index is 15.0. The van der Waals surface area contributed by atoms with Crippen LogP contribution in [0.4, 0.5) is 27.6 Å². The summed E-state index contributed by atoms with van der Waals surface area (Å²) in [4.78, 5) is 8.14. The molecule has 6 nitrogen and oxygen atoms in total. The number of aliphatic hydroxyl groups excluding tert-OH is 1. The van der Waals surface area contributed by atoms with Gasteiger partial charge in [0.25, 0.3) is 6.43 Å². The lowest BCUT2D eigenvalue weighted by Crippen LogP contribution is -2.37. The van der Waals surface area contributed by atoms with Gasteiger partial charge in [0.15, 0.2) is 0 Å². The molecule has 0 saturated heterocycles. The number of hydrogen-bond acceptors (Lipinski definition) is 6. The summed E-state index contributed by atoms with van der Waals surface area (Å²) in [5.74, 6) is -1.46. The molecule has 0 fully saturated rings. The van der Waals surface area contributed by atoms with Crippen molar-refractivity contribution in [1.29, 1.82) is 0 Å². The van der Waals surface area contributed by atoms with E-state index in [0.717, 1.165) is 23.7 Å². The fourth-order valence-corrected chi connectivity index (χ4v) is 4.84. The Morgan fingerprint density at radius 3 is 2.58 bits per heavy atom. The highest BCUT2D eigenvalue weighted by atomic mass is 19.3. The van der Waals surface area contributed by atoms with Crippen LogP contribution in [0.15, 0.2) is 94.1 Å². The van der Waals surface area contributed by atoms with Gasteiger partial charge >= 0.3 is 0 Å². The summed E-state index contributed by atoms with van der Waals surface area (Å²) < 4.78 is 69.4. The molecule has 0 aromatic heterocycles. The van der Waals surface area contributed by atoms with Gasteiger partial charge in [-0.15, -0.1) is 0 Å². The van der Waals surface area contributed by atoms with E-state index in [1.54, 1.807) is 19.1 Å². The Labute approximate surface area is 250 Å². The van der Waals surface area contributed by atoms with Gasteiger partial charge in [0.05, 0.1) is 24.2 Å². The molecular formula is C32H40F5N5O. The van der Waals surface area contributed by atoms with Gasteiger partial charge in [0.2, 0.25) is 0 Å². The average molecular weight is 606 g/mol. The van der Waals surface area contributed by atoms with Crippen LogP contribution in [0.5, 0.6) is 0 Å². The van der Waals surface area contributed by atoms with E-state index in [0.29, 0.717) is 36.5 Å².